The summed E-state index contributed by atoms with van der Waals surface area (Å²) in [6.07, 6.45) is 1.67. The van der Waals surface area contributed by atoms with E-state index in [1.54, 1.807) is 17.8 Å². The molecule has 0 unspecified atom stereocenters. The molecule has 0 aromatic heterocycles. The van der Waals surface area contributed by atoms with Crippen LogP contribution in [0.3, 0.4) is 0 Å². The maximum absolute atomic E-state index is 10.6. The molecule has 0 bridgehead atoms. The zero-order valence-electron chi connectivity index (χ0n) is 10.5. The minimum Gasteiger partial charge on any atom is -0.399 e. The Hall–Kier alpha value is -1.94. The average Bonchev–Trinajstić information content (AvgIpc) is 2.43. The van der Waals surface area contributed by atoms with E-state index in [9.17, 15) is 4.79 Å². The minimum absolute atomic E-state index is 0.650. The highest BCUT2D eigenvalue weighted by molar-refractivity contribution is 7.99. The van der Waals surface area contributed by atoms with Crippen molar-refractivity contribution in [1.82, 2.24) is 0 Å². The molecule has 0 aliphatic heterocycles. The number of anilines is 2. The number of rotatable bonds is 6. The Morgan fingerprint density at radius 3 is 2.68 bits per heavy atom. The molecule has 4 heteroatoms. The van der Waals surface area contributed by atoms with E-state index in [0.29, 0.717) is 12.1 Å². The van der Waals surface area contributed by atoms with Crippen LogP contribution in [-0.2, 0) is 11.2 Å². The zero-order chi connectivity index (χ0) is 13.5. The van der Waals surface area contributed by atoms with E-state index in [0.717, 1.165) is 22.8 Å². The molecule has 0 aliphatic carbocycles. The highest BCUT2D eigenvalue weighted by Crippen LogP contribution is 2.29. The second kappa shape index (κ2) is 6.85. The molecule has 0 atom stereocenters. The van der Waals surface area contributed by atoms with E-state index in [2.05, 4.69) is 17.4 Å². The van der Waals surface area contributed by atoms with E-state index in [4.69, 9.17) is 5.73 Å². The normalized spacial score (nSPS) is 10.1. The van der Waals surface area contributed by atoms with Crippen LogP contribution in [0.5, 0.6) is 0 Å². The fourth-order valence-corrected chi connectivity index (χ4v) is 2.77. The van der Waals surface area contributed by atoms with Crippen molar-refractivity contribution in [2.75, 3.05) is 16.8 Å². The number of amides is 1. The van der Waals surface area contributed by atoms with Crippen LogP contribution in [0, 0.1) is 0 Å². The molecule has 0 saturated heterocycles. The van der Waals surface area contributed by atoms with Gasteiger partial charge in [0.25, 0.3) is 0 Å². The molecule has 1 amide bonds. The van der Waals surface area contributed by atoms with Crippen molar-refractivity contribution in [3.05, 3.63) is 54.1 Å². The summed E-state index contributed by atoms with van der Waals surface area (Å²) >= 11 is 1.71. The molecular weight excluding hydrogens is 256 g/mol. The number of carbonyl (C=O) groups excluding carboxylic acids is 1. The van der Waals surface area contributed by atoms with Gasteiger partial charge in [-0.1, -0.05) is 30.3 Å². The topological polar surface area (TPSA) is 55.1 Å². The van der Waals surface area contributed by atoms with Crippen LogP contribution in [-0.4, -0.2) is 12.2 Å². The fourth-order valence-electron chi connectivity index (χ4n) is 1.77. The number of hydrogen-bond donors (Lipinski definition) is 2. The van der Waals surface area contributed by atoms with E-state index in [1.165, 1.54) is 5.56 Å². The number of thioether (sulfide) groups is 1. The van der Waals surface area contributed by atoms with E-state index >= 15 is 0 Å². The Kier molecular flexibility index (Phi) is 4.86. The Morgan fingerprint density at radius 2 is 1.95 bits per heavy atom. The van der Waals surface area contributed by atoms with Crippen molar-refractivity contribution in [2.45, 2.75) is 11.3 Å². The molecule has 2 aromatic rings. The minimum atomic E-state index is 0.650. The average molecular weight is 272 g/mol. The summed E-state index contributed by atoms with van der Waals surface area (Å²) in [6.45, 7) is 0. The smallest absolute Gasteiger partial charge is 0.211 e. The predicted octanol–water partition coefficient (Wildman–Crippen LogP) is 3.17. The van der Waals surface area contributed by atoms with Crippen LogP contribution < -0.4 is 11.1 Å². The van der Waals surface area contributed by atoms with Gasteiger partial charge in [0.1, 0.15) is 0 Å². The van der Waals surface area contributed by atoms with Crippen LogP contribution in [0.25, 0.3) is 0 Å². The standard InChI is InChI=1S/C15H16N2OS/c16-13-6-7-15(14(10-13)17-11-18)19-9-8-12-4-2-1-3-5-12/h1-7,10-11H,8-9,16H2,(H,17,18). The molecular formula is C15H16N2OS. The van der Waals surface area contributed by atoms with Gasteiger partial charge in [0.05, 0.1) is 5.69 Å². The summed E-state index contributed by atoms with van der Waals surface area (Å²) in [5.41, 5.74) is 8.45. The molecule has 2 rings (SSSR count). The van der Waals surface area contributed by atoms with Crippen molar-refractivity contribution in [1.29, 1.82) is 0 Å². The van der Waals surface area contributed by atoms with Gasteiger partial charge in [-0.15, -0.1) is 11.8 Å². The molecule has 3 nitrogen and oxygen atoms in total. The second-order valence-corrected chi connectivity index (χ2v) is 5.24. The third-order valence-corrected chi connectivity index (χ3v) is 3.78. The lowest BCUT2D eigenvalue weighted by atomic mass is 10.2. The largest absolute Gasteiger partial charge is 0.399 e. The zero-order valence-corrected chi connectivity index (χ0v) is 11.3. The van der Waals surface area contributed by atoms with Crippen LogP contribution in [0.15, 0.2) is 53.4 Å². The van der Waals surface area contributed by atoms with Crippen LogP contribution in [0.4, 0.5) is 11.4 Å². The number of carbonyl (C=O) groups is 1. The van der Waals surface area contributed by atoms with Gasteiger partial charge in [0, 0.05) is 16.3 Å². The van der Waals surface area contributed by atoms with E-state index in [-0.39, 0.29) is 0 Å². The molecule has 0 aliphatic rings. The third-order valence-electron chi connectivity index (χ3n) is 2.71. The van der Waals surface area contributed by atoms with Crippen molar-refractivity contribution >= 4 is 29.5 Å². The third kappa shape index (κ3) is 4.03. The number of nitrogens with two attached hydrogens (primary N) is 1. The summed E-state index contributed by atoms with van der Waals surface area (Å²) in [7, 11) is 0. The first-order chi connectivity index (χ1) is 9.29. The summed E-state index contributed by atoms with van der Waals surface area (Å²) in [4.78, 5) is 11.6. The Morgan fingerprint density at radius 1 is 1.16 bits per heavy atom. The first-order valence-electron chi connectivity index (χ1n) is 6.06. The Bertz CT molecular complexity index is 543. The predicted molar refractivity (Wildman–Crippen MR) is 81.4 cm³/mol. The Labute approximate surface area is 117 Å². The number of aryl methyl sites for hydroxylation is 1. The van der Waals surface area contributed by atoms with Gasteiger partial charge >= 0.3 is 0 Å². The van der Waals surface area contributed by atoms with Crippen LogP contribution in [0.2, 0.25) is 0 Å². The number of benzene rings is 2. The molecule has 19 heavy (non-hydrogen) atoms. The van der Waals surface area contributed by atoms with Gasteiger partial charge in [-0.2, -0.15) is 0 Å². The Balaban J connectivity index is 1.97. The molecule has 0 saturated carbocycles. The van der Waals surface area contributed by atoms with Crippen LogP contribution in [0.1, 0.15) is 5.56 Å². The highest BCUT2D eigenvalue weighted by atomic mass is 32.2. The second-order valence-electron chi connectivity index (χ2n) is 4.10. The van der Waals surface area contributed by atoms with Gasteiger partial charge in [-0.3, -0.25) is 4.79 Å². The summed E-state index contributed by atoms with van der Waals surface area (Å²) in [5.74, 6) is 0.960. The summed E-state index contributed by atoms with van der Waals surface area (Å²) < 4.78 is 0. The fraction of sp³-hybridized carbons (Fsp3) is 0.133. The molecule has 98 valence electrons. The molecule has 0 heterocycles. The van der Waals surface area contributed by atoms with Crippen molar-refractivity contribution in [2.24, 2.45) is 0 Å². The van der Waals surface area contributed by atoms with Gasteiger partial charge in [-0.25, -0.2) is 0 Å². The lowest BCUT2D eigenvalue weighted by Crippen LogP contribution is -1.98. The molecule has 3 N–H and O–H groups in total. The number of nitrogens with one attached hydrogen (secondary N) is 1. The highest BCUT2D eigenvalue weighted by Gasteiger charge is 2.03. The monoisotopic (exact) mass is 272 g/mol. The maximum atomic E-state index is 10.6. The van der Waals surface area contributed by atoms with E-state index in [1.807, 2.05) is 30.3 Å². The maximum Gasteiger partial charge on any atom is 0.211 e. The van der Waals surface area contributed by atoms with Crippen molar-refractivity contribution < 1.29 is 4.79 Å². The van der Waals surface area contributed by atoms with Gasteiger partial charge < -0.3 is 11.1 Å². The van der Waals surface area contributed by atoms with E-state index < -0.39 is 0 Å². The van der Waals surface area contributed by atoms with Crippen LogP contribution >= 0.6 is 11.8 Å². The molecule has 0 radical (unpaired) electrons. The number of hydrogen-bond acceptors (Lipinski definition) is 3. The first kappa shape index (κ1) is 13.5. The lowest BCUT2D eigenvalue weighted by Gasteiger charge is -2.09. The quantitative estimate of drug-likeness (QED) is 0.482. The number of nitrogen functional groups attached to an aromatic ring is 1. The summed E-state index contributed by atoms with van der Waals surface area (Å²) in [6, 6.07) is 15.9. The SMILES string of the molecule is Nc1ccc(SCCc2ccccc2)c(NC=O)c1. The summed E-state index contributed by atoms with van der Waals surface area (Å²) in [5, 5.41) is 2.68. The molecule has 0 spiro atoms. The molecule has 2 aromatic carbocycles. The van der Waals surface area contributed by atoms with Gasteiger partial charge in [0.2, 0.25) is 6.41 Å². The van der Waals surface area contributed by atoms with Crippen molar-refractivity contribution in [3.63, 3.8) is 0 Å². The van der Waals surface area contributed by atoms with Gasteiger partial charge in [0.15, 0.2) is 0 Å². The first-order valence-corrected chi connectivity index (χ1v) is 7.04. The van der Waals surface area contributed by atoms with Gasteiger partial charge in [-0.05, 0) is 30.2 Å². The molecule has 0 fully saturated rings. The van der Waals surface area contributed by atoms with Crippen molar-refractivity contribution in [3.8, 4) is 0 Å². The lowest BCUT2D eigenvalue weighted by molar-refractivity contribution is -0.105.